The van der Waals surface area contributed by atoms with Gasteiger partial charge in [0.15, 0.2) is 0 Å². The van der Waals surface area contributed by atoms with Crippen LogP contribution < -0.4 is 5.32 Å². The van der Waals surface area contributed by atoms with Crippen molar-refractivity contribution in [3.05, 3.63) is 35.4 Å². The lowest BCUT2D eigenvalue weighted by Gasteiger charge is -2.23. The number of nitrogens with zero attached hydrogens (tertiary/aromatic N) is 1. The Morgan fingerprint density at radius 1 is 1.35 bits per heavy atom. The molecule has 1 aromatic rings. The highest BCUT2D eigenvalue weighted by atomic mass is 19.1. The Balaban J connectivity index is 2.18. The van der Waals surface area contributed by atoms with E-state index in [1.807, 2.05) is 0 Å². The van der Waals surface area contributed by atoms with Crippen LogP contribution in [0.1, 0.15) is 25.3 Å². The second kappa shape index (κ2) is 5.98. The van der Waals surface area contributed by atoms with Crippen molar-refractivity contribution >= 4 is 11.8 Å². The van der Waals surface area contributed by atoms with Crippen molar-refractivity contribution in [3.63, 3.8) is 0 Å². The van der Waals surface area contributed by atoms with Crippen molar-refractivity contribution in [3.8, 4) is 0 Å². The molecule has 0 radical (unpaired) electrons. The van der Waals surface area contributed by atoms with Crippen molar-refractivity contribution in [2.75, 3.05) is 6.54 Å². The van der Waals surface area contributed by atoms with E-state index in [0.717, 1.165) is 12.1 Å². The molecule has 1 unspecified atom stereocenters. The van der Waals surface area contributed by atoms with Gasteiger partial charge in [0, 0.05) is 31.1 Å². The maximum absolute atomic E-state index is 13.6. The zero-order valence-electron chi connectivity index (χ0n) is 11.2. The van der Waals surface area contributed by atoms with Gasteiger partial charge in [-0.2, -0.15) is 0 Å². The molecule has 20 heavy (non-hydrogen) atoms. The van der Waals surface area contributed by atoms with Crippen molar-refractivity contribution in [1.29, 1.82) is 0 Å². The molecule has 1 atom stereocenters. The van der Waals surface area contributed by atoms with Crippen LogP contribution in [0, 0.1) is 11.6 Å². The Bertz CT molecular complexity index is 534. The van der Waals surface area contributed by atoms with Crippen molar-refractivity contribution < 1.29 is 18.4 Å². The highest BCUT2D eigenvalue weighted by Gasteiger charge is 2.28. The van der Waals surface area contributed by atoms with Crippen molar-refractivity contribution in [2.24, 2.45) is 0 Å². The van der Waals surface area contributed by atoms with Gasteiger partial charge in [-0.05, 0) is 12.5 Å². The van der Waals surface area contributed by atoms with E-state index in [0.29, 0.717) is 6.42 Å². The average molecular weight is 282 g/mol. The Kier molecular flexibility index (Phi) is 4.32. The quantitative estimate of drug-likeness (QED) is 0.915. The number of carbonyl (C=O) groups is 2. The van der Waals surface area contributed by atoms with Gasteiger partial charge >= 0.3 is 0 Å². The summed E-state index contributed by atoms with van der Waals surface area (Å²) in [4.78, 5) is 25.1. The SMILES string of the molecule is CCC1NC(=O)CCN(Cc2ccc(F)cc2F)C1=O. The summed E-state index contributed by atoms with van der Waals surface area (Å²) >= 11 is 0. The van der Waals surface area contributed by atoms with Gasteiger partial charge in [0.1, 0.15) is 17.7 Å². The molecule has 1 saturated heterocycles. The standard InChI is InChI=1S/C14H16F2N2O2/c1-2-12-14(20)18(6-5-13(19)17-12)8-9-3-4-10(15)7-11(9)16/h3-4,7,12H,2,5-6,8H2,1H3,(H,17,19). The van der Waals surface area contributed by atoms with Gasteiger partial charge in [-0.25, -0.2) is 8.78 Å². The molecule has 0 aliphatic carbocycles. The highest BCUT2D eigenvalue weighted by molar-refractivity contribution is 5.89. The predicted octanol–water partition coefficient (Wildman–Crippen LogP) is 1.59. The number of carbonyl (C=O) groups excluding carboxylic acids is 2. The maximum Gasteiger partial charge on any atom is 0.245 e. The zero-order chi connectivity index (χ0) is 14.7. The first-order valence-corrected chi connectivity index (χ1v) is 6.53. The lowest BCUT2D eigenvalue weighted by molar-refractivity contribution is -0.134. The first-order valence-electron chi connectivity index (χ1n) is 6.53. The minimum absolute atomic E-state index is 0.0381. The fraction of sp³-hybridized carbons (Fsp3) is 0.429. The van der Waals surface area contributed by atoms with Crippen molar-refractivity contribution in [1.82, 2.24) is 10.2 Å². The minimum Gasteiger partial charge on any atom is -0.344 e. The molecule has 1 heterocycles. The van der Waals surface area contributed by atoms with Crippen LogP contribution in [-0.4, -0.2) is 29.3 Å². The summed E-state index contributed by atoms with van der Waals surface area (Å²) in [5, 5.41) is 2.63. The van der Waals surface area contributed by atoms with Crippen LogP contribution in [0.3, 0.4) is 0 Å². The summed E-state index contributed by atoms with van der Waals surface area (Å²) in [5.41, 5.74) is 0.240. The van der Waals surface area contributed by atoms with Gasteiger partial charge in [-0.15, -0.1) is 0 Å². The second-order valence-electron chi connectivity index (χ2n) is 4.77. The summed E-state index contributed by atoms with van der Waals surface area (Å²) in [7, 11) is 0. The number of hydrogen-bond acceptors (Lipinski definition) is 2. The monoisotopic (exact) mass is 282 g/mol. The molecule has 1 N–H and O–H groups in total. The maximum atomic E-state index is 13.6. The van der Waals surface area contributed by atoms with Crippen LogP contribution in [0.5, 0.6) is 0 Å². The minimum atomic E-state index is -0.686. The summed E-state index contributed by atoms with van der Waals surface area (Å²) in [6.45, 7) is 2.07. The Morgan fingerprint density at radius 2 is 2.10 bits per heavy atom. The molecule has 1 aliphatic rings. The summed E-state index contributed by atoms with van der Waals surface area (Å²) in [6.07, 6.45) is 0.665. The largest absolute Gasteiger partial charge is 0.344 e. The number of nitrogens with one attached hydrogen (secondary N) is 1. The van der Waals surface area contributed by atoms with Gasteiger partial charge in [-0.1, -0.05) is 13.0 Å². The third-order valence-corrected chi connectivity index (χ3v) is 3.34. The lowest BCUT2D eigenvalue weighted by atomic mass is 10.1. The molecule has 0 saturated carbocycles. The third-order valence-electron chi connectivity index (χ3n) is 3.34. The Hall–Kier alpha value is -1.98. The number of halogens is 2. The van der Waals surface area contributed by atoms with Crippen LogP contribution in [0.15, 0.2) is 18.2 Å². The molecule has 4 nitrogen and oxygen atoms in total. The molecular formula is C14H16F2N2O2. The highest BCUT2D eigenvalue weighted by Crippen LogP contribution is 2.15. The topological polar surface area (TPSA) is 49.4 Å². The third kappa shape index (κ3) is 3.12. The number of benzene rings is 1. The molecule has 1 fully saturated rings. The number of hydrogen-bond donors (Lipinski definition) is 1. The molecule has 1 aliphatic heterocycles. The molecule has 1 aromatic carbocycles. The van der Waals surface area contributed by atoms with Crippen molar-refractivity contribution in [2.45, 2.75) is 32.4 Å². The van der Waals surface area contributed by atoms with E-state index >= 15 is 0 Å². The fourth-order valence-corrected chi connectivity index (χ4v) is 2.18. The number of rotatable bonds is 3. The molecule has 108 valence electrons. The number of amides is 2. The summed E-state index contributed by atoms with van der Waals surface area (Å²) in [5.74, 6) is -1.76. The molecule has 0 aromatic heterocycles. The van der Waals surface area contributed by atoms with Gasteiger partial charge in [0.25, 0.3) is 0 Å². The first kappa shape index (κ1) is 14.4. The van der Waals surface area contributed by atoms with Crippen LogP contribution in [0.25, 0.3) is 0 Å². The molecule has 0 bridgehead atoms. The van der Waals surface area contributed by atoms with Crippen LogP contribution >= 0.6 is 0 Å². The summed E-state index contributed by atoms with van der Waals surface area (Å²) in [6, 6.07) is 2.69. The van der Waals surface area contributed by atoms with Gasteiger partial charge in [0.05, 0.1) is 0 Å². The van der Waals surface area contributed by atoms with E-state index < -0.39 is 17.7 Å². The van der Waals surface area contributed by atoms with E-state index in [4.69, 9.17) is 0 Å². The molecule has 2 amide bonds. The Morgan fingerprint density at radius 3 is 2.75 bits per heavy atom. The van der Waals surface area contributed by atoms with Crippen LogP contribution in [0.4, 0.5) is 8.78 Å². The van der Waals surface area contributed by atoms with Gasteiger partial charge in [-0.3, -0.25) is 9.59 Å². The smallest absolute Gasteiger partial charge is 0.245 e. The van der Waals surface area contributed by atoms with E-state index in [-0.39, 0.29) is 36.9 Å². The Labute approximate surface area is 115 Å². The normalized spacial score (nSPS) is 19.8. The van der Waals surface area contributed by atoms with Gasteiger partial charge in [0.2, 0.25) is 11.8 Å². The zero-order valence-corrected chi connectivity index (χ0v) is 11.2. The van der Waals surface area contributed by atoms with E-state index in [2.05, 4.69) is 5.32 Å². The average Bonchev–Trinajstić information content (AvgIpc) is 2.54. The van der Waals surface area contributed by atoms with Crippen LogP contribution in [0.2, 0.25) is 0 Å². The van der Waals surface area contributed by atoms with E-state index in [1.165, 1.54) is 11.0 Å². The second-order valence-corrected chi connectivity index (χ2v) is 4.77. The lowest BCUT2D eigenvalue weighted by Crippen LogP contribution is -2.44. The van der Waals surface area contributed by atoms with E-state index in [9.17, 15) is 18.4 Å². The molecule has 6 heteroatoms. The van der Waals surface area contributed by atoms with E-state index in [1.54, 1.807) is 6.92 Å². The first-order chi connectivity index (χ1) is 9.51. The summed E-state index contributed by atoms with van der Waals surface area (Å²) < 4.78 is 26.5. The van der Waals surface area contributed by atoms with Crippen LogP contribution in [-0.2, 0) is 16.1 Å². The molecular weight excluding hydrogens is 266 g/mol. The molecule has 2 rings (SSSR count). The van der Waals surface area contributed by atoms with Gasteiger partial charge < -0.3 is 10.2 Å². The predicted molar refractivity (Wildman–Crippen MR) is 68.6 cm³/mol. The fourth-order valence-electron chi connectivity index (χ4n) is 2.18. The molecule has 0 spiro atoms.